The van der Waals surface area contributed by atoms with Crippen LogP contribution in [0.5, 0.6) is 5.75 Å². The minimum absolute atomic E-state index is 0.0471. The number of hydrogen-bond donors (Lipinski definition) is 18. The first-order valence-corrected chi connectivity index (χ1v) is 27.1. The Kier molecular flexibility index (Phi) is 32.7. The predicted molar refractivity (Wildman–Crippen MR) is 297 cm³/mol. The maximum Gasteiger partial charge on any atom is 0.326 e. The van der Waals surface area contributed by atoms with E-state index in [4.69, 9.17) is 22.3 Å². The van der Waals surface area contributed by atoms with Crippen molar-refractivity contribution in [3.8, 4) is 5.75 Å². The van der Waals surface area contributed by atoms with Gasteiger partial charge in [-0.1, -0.05) is 60.1 Å². The third-order valence-corrected chi connectivity index (χ3v) is 12.6. The van der Waals surface area contributed by atoms with Gasteiger partial charge >= 0.3 is 23.9 Å². The molecule has 0 aliphatic carbocycles. The summed E-state index contributed by atoms with van der Waals surface area (Å²) >= 11 is 0. The fourth-order valence-electron chi connectivity index (χ4n) is 7.89. The molecule has 32 nitrogen and oxygen atoms in total. The quantitative estimate of drug-likeness (QED) is 0.0168. The van der Waals surface area contributed by atoms with Gasteiger partial charge in [-0.05, 0) is 74.0 Å². The van der Waals surface area contributed by atoms with Crippen LogP contribution >= 0.6 is 0 Å². The van der Waals surface area contributed by atoms with E-state index >= 15 is 0 Å². The van der Waals surface area contributed by atoms with Crippen LogP contribution in [-0.2, 0) is 68.7 Å². The number of nitrogens with one attached hydrogen (secondary N) is 9. The predicted octanol–water partition coefficient (Wildman–Crippen LogP) is -4.27. The second-order valence-corrected chi connectivity index (χ2v) is 20.7. The Hall–Kier alpha value is -8.68. The highest BCUT2D eigenvalue weighted by Gasteiger charge is 2.37. The molecule has 0 aliphatic rings. The van der Waals surface area contributed by atoms with Crippen LogP contribution < -0.4 is 65.1 Å². The summed E-state index contributed by atoms with van der Waals surface area (Å²) in [6, 6.07) is -8.95. The van der Waals surface area contributed by atoms with Crippen LogP contribution in [0.4, 0.5) is 0 Å². The van der Waals surface area contributed by atoms with E-state index in [0.717, 1.165) is 0 Å². The minimum Gasteiger partial charge on any atom is -0.508 e. The summed E-state index contributed by atoms with van der Waals surface area (Å²) < 4.78 is 0. The van der Waals surface area contributed by atoms with Gasteiger partial charge in [0.2, 0.25) is 53.2 Å². The smallest absolute Gasteiger partial charge is 0.326 e. The number of phenolic OH excluding ortho intramolecular Hbond substituents is 1. The SMILES string of the molecule is CC[C@H](C)[C@H](NC(=O)[C@H](Cc1ccc(O)cc1)NC(=O)[C@H](CO)NC(=O)[C@H](CCC(=O)O)NC(=O)[C@H](CC(C)C)NC(=O)[C@H](CC(C)C)NC(=O)[C@@H](N)CCC(=O)O)C(=O)N[C@@H](CC(=O)O)C(=O)NCC(=O)N[C@@H](CCCN=C(N)N)C(=O)O. The minimum atomic E-state index is -1.93. The maximum absolute atomic E-state index is 14.3. The van der Waals surface area contributed by atoms with Crippen molar-refractivity contribution in [2.24, 2.45) is 39.9 Å². The fourth-order valence-corrected chi connectivity index (χ4v) is 7.89. The Bertz CT molecular complexity index is 2470. The number of phenols is 1. The first-order valence-electron chi connectivity index (χ1n) is 27.1. The molecule has 1 rings (SSSR count). The number of aliphatic hydroxyl groups excluding tert-OH is 1. The van der Waals surface area contributed by atoms with E-state index in [1.165, 1.54) is 31.2 Å². The summed E-state index contributed by atoms with van der Waals surface area (Å²) in [7, 11) is 0. The number of guanidine groups is 1. The van der Waals surface area contributed by atoms with E-state index < -0.39 is 176 Å². The molecule has 10 atom stereocenters. The average molecular weight is 1190 g/mol. The number of carbonyl (C=O) groups is 13. The molecule has 0 fully saturated rings. The number of nitrogens with zero attached hydrogens (tertiary/aromatic N) is 1. The average Bonchev–Trinajstić information content (AvgIpc) is 3.50. The second-order valence-electron chi connectivity index (χ2n) is 20.7. The van der Waals surface area contributed by atoms with Crippen molar-refractivity contribution in [2.45, 2.75) is 167 Å². The molecule has 21 N–H and O–H groups in total. The van der Waals surface area contributed by atoms with Crippen molar-refractivity contribution in [1.82, 2.24) is 47.9 Å². The van der Waals surface area contributed by atoms with E-state index in [-0.39, 0.29) is 75.0 Å². The Balaban J connectivity index is 3.50. The summed E-state index contributed by atoms with van der Waals surface area (Å²) in [5.41, 5.74) is 16.7. The zero-order chi connectivity index (χ0) is 64.0. The van der Waals surface area contributed by atoms with Crippen LogP contribution in [0.25, 0.3) is 0 Å². The van der Waals surface area contributed by atoms with Gasteiger partial charge in [0, 0.05) is 25.8 Å². The van der Waals surface area contributed by atoms with Crippen LogP contribution in [0.1, 0.15) is 111 Å². The summed E-state index contributed by atoms with van der Waals surface area (Å²) in [4.78, 5) is 173. The molecule has 1 aromatic carbocycles. The number of hydrogen-bond acceptors (Lipinski definition) is 17. The highest BCUT2D eigenvalue weighted by Crippen LogP contribution is 2.15. The lowest BCUT2D eigenvalue weighted by Gasteiger charge is -2.29. The largest absolute Gasteiger partial charge is 0.508 e. The monoisotopic (exact) mass is 1190 g/mol. The molecule has 0 aliphatic heterocycles. The Morgan fingerprint density at radius 2 is 1.01 bits per heavy atom. The van der Waals surface area contributed by atoms with Gasteiger partial charge in [-0.2, -0.15) is 0 Å². The molecule has 0 saturated heterocycles. The van der Waals surface area contributed by atoms with Crippen molar-refractivity contribution < 1.29 is 93.0 Å². The number of aliphatic carboxylic acids is 4. The first-order chi connectivity index (χ1) is 39.3. The molecule has 0 unspecified atom stereocenters. The summed E-state index contributed by atoms with van der Waals surface area (Å²) in [6.45, 7) is 8.04. The van der Waals surface area contributed by atoms with Gasteiger partial charge in [-0.15, -0.1) is 0 Å². The Labute approximate surface area is 484 Å². The number of carbonyl (C=O) groups excluding carboxylic acids is 9. The first kappa shape index (κ1) is 73.3. The van der Waals surface area contributed by atoms with Gasteiger partial charge < -0.3 is 95.7 Å². The molecular formula is C52H83N13O19. The zero-order valence-electron chi connectivity index (χ0n) is 47.8. The molecular weight excluding hydrogens is 1110 g/mol. The lowest BCUT2D eigenvalue weighted by molar-refractivity contribution is -0.143. The lowest BCUT2D eigenvalue weighted by Crippen LogP contribution is -2.61. The number of aliphatic imine (C=N–C) groups is 1. The van der Waals surface area contributed by atoms with Crippen molar-refractivity contribution in [3.63, 3.8) is 0 Å². The van der Waals surface area contributed by atoms with Gasteiger partial charge in [0.05, 0.1) is 25.6 Å². The molecule has 0 radical (unpaired) electrons. The second kappa shape index (κ2) is 37.4. The normalized spacial score (nSPS) is 14.6. The highest BCUT2D eigenvalue weighted by atomic mass is 16.4. The van der Waals surface area contributed by atoms with Crippen molar-refractivity contribution >= 4 is 83.0 Å². The number of carboxylic acid groups (broad SMARTS) is 4. The molecule has 0 aromatic heterocycles. The van der Waals surface area contributed by atoms with Gasteiger partial charge in [0.15, 0.2) is 5.96 Å². The number of rotatable bonds is 40. The topological polar surface area (TPSA) is 542 Å². The van der Waals surface area contributed by atoms with E-state index in [0.29, 0.717) is 5.56 Å². The Morgan fingerprint density at radius 3 is 1.51 bits per heavy atom. The van der Waals surface area contributed by atoms with Gasteiger partial charge in [-0.3, -0.25) is 62.5 Å². The third-order valence-electron chi connectivity index (χ3n) is 12.6. The van der Waals surface area contributed by atoms with E-state index in [2.05, 4.69) is 52.8 Å². The van der Waals surface area contributed by atoms with Gasteiger partial charge in [0.25, 0.3) is 0 Å². The summed E-state index contributed by atoms with van der Waals surface area (Å²) in [5.74, 6) is -16.8. The molecule has 0 spiro atoms. The molecule has 32 heteroatoms. The zero-order valence-corrected chi connectivity index (χ0v) is 47.8. The molecule has 9 amide bonds. The third kappa shape index (κ3) is 28.8. The lowest BCUT2D eigenvalue weighted by atomic mass is 9.96. The van der Waals surface area contributed by atoms with Crippen LogP contribution in [-0.4, -0.2) is 188 Å². The molecule has 0 saturated carbocycles. The van der Waals surface area contributed by atoms with Crippen LogP contribution in [0.2, 0.25) is 0 Å². The summed E-state index contributed by atoms with van der Waals surface area (Å²) in [5, 5.41) is 79.3. The van der Waals surface area contributed by atoms with Crippen LogP contribution in [0.3, 0.4) is 0 Å². The molecule has 1 aromatic rings. The number of amides is 9. The van der Waals surface area contributed by atoms with Crippen LogP contribution in [0.15, 0.2) is 29.3 Å². The summed E-state index contributed by atoms with van der Waals surface area (Å²) in [6.07, 6.45) is -3.22. The van der Waals surface area contributed by atoms with Gasteiger partial charge in [-0.25, -0.2) is 4.79 Å². The molecule has 0 heterocycles. The molecule has 0 bridgehead atoms. The van der Waals surface area contributed by atoms with Crippen LogP contribution in [0, 0.1) is 17.8 Å². The highest BCUT2D eigenvalue weighted by molar-refractivity contribution is 5.99. The number of aromatic hydroxyl groups is 1. The van der Waals surface area contributed by atoms with Crippen molar-refractivity contribution in [3.05, 3.63) is 29.8 Å². The number of nitrogens with two attached hydrogens (primary N) is 3. The number of benzene rings is 1. The fraction of sp³-hybridized carbons (Fsp3) is 0.615. The van der Waals surface area contributed by atoms with Crippen molar-refractivity contribution in [2.75, 3.05) is 19.7 Å². The van der Waals surface area contributed by atoms with E-state index in [1.54, 1.807) is 34.6 Å². The standard InChI is InChI=1S/C52H83N13O19/c1-7-27(6)42(50(82)63-36(22-41(73)74)44(76)57-23-38(68)58-32(51(83)84)9-8-18-56-52(54)55)65-48(80)35(21-28-10-12-29(67)13-11-28)62-49(81)37(24-66)64-45(77)31(15-17-40(71)72)59-46(78)34(20-26(4)5)61-47(79)33(19-25(2)3)60-43(75)30(53)14-16-39(69)70/h10-13,25-27,30-37,42,66-67H,7-9,14-24,53H2,1-6H3,(H,57,76)(H,58,68)(H,59,78)(H,60,75)(H,61,79)(H,62,81)(H,63,82)(H,64,77)(H,65,80)(H,69,70)(H,71,72)(H,73,74)(H,83,84)(H4,54,55,56)/t27-,30-,31-,32-,33-,34-,35-,36-,37-,42-/m0/s1. The van der Waals surface area contributed by atoms with E-state index in [1.807, 2.05) is 0 Å². The van der Waals surface area contributed by atoms with Gasteiger partial charge in [0.1, 0.15) is 54.1 Å². The molecule has 470 valence electrons. The Morgan fingerprint density at radius 1 is 0.536 bits per heavy atom. The number of aliphatic hydroxyl groups is 1. The maximum atomic E-state index is 14.3. The van der Waals surface area contributed by atoms with Crippen molar-refractivity contribution in [1.29, 1.82) is 0 Å². The molecule has 84 heavy (non-hydrogen) atoms. The van der Waals surface area contributed by atoms with E-state index in [9.17, 15) is 87.9 Å². The number of carboxylic acids is 4.